The Morgan fingerprint density at radius 1 is 1.08 bits per heavy atom. The Morgan fingerprint density at radius 3 is 1.92 bits per heavy atom. The fraction of sp³-hybridized carbons (Fsp3) is 0.625. The van der Waals surface area contributed by atoms with Gasteiger partial charge >= 0.3 is 0 Å². The Labute approximate surface area is 71.5 Å². The lowest BCUT2D eigenvalue weighted by Crippen LogP contribution is -2.31. The van der Waals surface area contributed by atoms with E-state index in [0.717, 1.165) is 4.90 Å². The summed E-state index contributed by atoms with van der Waals surface area (Å²) in [6.45, 7) is 2.73. The maximum absolute atomic E-state index is 11.0. The van der Waals surface area contributed by atoms with E-state index >= 15 is 0 Å². The summed E-state index contributed by atoms with van der Waals surface area (Å²) in [6, 6.07) is 0. The van der Waals surface area contributed by atoms with Gasteiger partial charge in [0, 0.05) is 26.8 Å². The molecule has 0 aromatic carbocycles. The minimum atomic E-state index is -0.308. The molecule has 0 saturated carbocycles. The largest absolute Gasteiger partial charge is 0.300 e. The van der Waals surface area contributed by atoms with E-state index in [1.807, 2.05) is 0 Å². The highest BCUT2D eigenvalue weighted by Crippen LogP contribution is 1.96. The molecule has 12 heavy (non-hydrogen) atoms. The smallest absolute Gasteiger partial charge is 0.229 e. The number of imide groups is 1. The topological polar surface area (TPSA) is 54.5 Å². The van der Waals surface area contributed by atoms with Gasteiger partial charge in [0.15, 0.2) is 0 Å². The van der Waals surface area contributed by atoms with Crippen molar-refractivity contribution in [3.05, 3.63) is 0 Å². The molecule has 4 heteroatoms. The molecule has 68 valence electrons. The second-order valence-electron chi connectivity index (χ2n) is 2.67. The highest BCUT2D eigenvalue weighted by molar-refractivity contribution is 5.95. The van der Waals surface area contributed by atoms with Crippen molar-refractivity contribution in [3.8, 4) is 0 Å². The molecule has 0 rings (SSSR count). The second-order valence-corrected chi connectivity index (χ2v) is 2.67. The van der Waals surface area contributed by atoms with Gasteiger partial charge in [-0.3, -0.25) is 14.5 Å². The monoisotopic (exact) mass is 171 g/mol. The Balaban J connectivity index is 3.88. The molecule has 0 saturated heterocycles. The van der Waals surface area contributed by atoms with Crippen LogP contribution in [0.1, 0.15) is 26.7 Å². The second kappa shape index (κ2) is 4.64. The highest BCUT2D eigenvalue weighted by Gasteiger charge is 2.12. The van der Waals surface area contributed by atoms with E-state index in [1.54, 1.807) is 0 Å². The molecule has 0 fully saturated rings. The molecule has 2 amide bonds. The normalized spacial score (nSPS) is 9.25. The van der Waals surface area contributed by atoms with Crippen LogP contribution in [0.25, 0.3) is 0 Å². The van der Waals surface area contributed by atoms with Crippen molar-refractivity contribution in [1.82, 2.24) is 4.90 Å². The highest BCUT2D eigenvalue weighted by atomic mass is 16.2. The van der Waals surface area contributed by atoms with E-state index in [2.05, 4.69) is 0 Å². The third-order valence-electron chi connectivity index (χ3n) is 1.54. The average molecular weight is 171 g/mol. The van der Waals surface area contributed by atoms with E-state index in [9.17, 15) is 14.4 Å². The van der Waals surface area contributed by atoms with Crippen LogP contribution in [-0.2, 0) is 14.4 Å². The fourth-order valence-corrected chi connectivity index (χ4v) is 0.626. The zero-order valence-corrected chi connectivity index (χ0v) is 7.59. The van der Waals surface area contributed by atoms with E-state index in [0.29, 0.717) is 0 Å². The number of amides is 2. The minimum absolute atomic E-state index is 0.0414. The maximum atomic E-state index is 11.0. The number of carbonyl (C=O) groups excluding carboxylic acids is 3. The van der Waals surface area contributed by atoms with E-state index in [-0.39, 0.29) is 30.4 Å². The summed E-state index contributed by atoms with van der Waals surface area (Å²) in [5.41, 5.74) is 0. The molecule has 0 spiro atoms. The Kier molecular flexibility index (Phi) is 4.18. The molecule has 0 radical (unpaired) electrons. The molecule has 0 unspecified atom stereocenters. The summed E-state index contributed by atoms with van der Waals surface area (Å²) < 4.78 is 0. The molecule has 0 aromatic rings. The molecule has 4 nitrogen and oxygen atoms in total. The quantitative estimate of drug-likeness (QED) is 0.616. The number of hydrogen-bond acceptors (Lipinski definition) is 3. The first-order valence-electron chi connectivity index (χ1n) is 3.71. The summed E-state index contributed by atoms with van der Waals surface area (Å²) in [7, 11) is 1.41. The SMILES string of the molecule is CC(=O)CCC(=O)N(C)C(C)=O. The third kappa shape index (κ3) is 3.85. The van der Waals surface area contributed by atoms with Gasteiger partial charge in [0.05, 0.1) is 0 Å². The molecular formula is C8H13NO3. The van der Waals surface area contributed by atoms with Crippen LogP contribution in [0.2, 0.25) is 0 Å². The van der Waals surface area contributed by atoms with Crippen molar-refractivity contribution >= 4 is 17.6 Å². The van der Waals surface area contributed by atoms with Crippen molar-refractivity contribution < 1.29 is 14.4 Å². The fourth-order valence-electron chi connectivity index (χ4n) is 0.626. The minimum Gasteiger partial charge on any atom is -0.300 e. The lowest BCUT2D eigenvalue weighted by atomic mass is 10.2. The molecule has 0 aliphatic heterocycles. The van der Waals surface area contributed by atoms with Crippen LogP contribution in [0.15, 0.2) is 0 Å². The zero-order chi connectivity index (χ0) is 9.72. The van der Waals surface area contributed by atoms with Gasteiger partial charge in [0.2, 0.25) is 11.8 Å². The number of nitrogens with zero attached hydrogens (tertiary/aromatic N) is 1. The molecule has 0 aliphatic rings. The number of carbonyl (C=O) groups is 3. The number of hydrogen-bond donors (Lipinski definition) is 0. The lowest BCUT2D eigenvalue weighted by Gasteiger charge is -2.11. The van der Waals surface area contributed by atoms with Crippen molar-refractivity contribution in [2.75, 3.05) is 7.05 Å². The first-order valence-corrected chi connectivity index (χ1v) is 3.71. The Morgan fingerprint density at radius 2 is 1.58 bits per heavy atom. The summed E-state index contributed by atoms with van der Waals surface area (Å²) in [6.07, 6.45) is 0.321. The van der Waals surface area contributed by atoms with Gasteiger partial charge in [-0.05, 0) is 6.92 Å². The summed E-state index contributed by atoms with van der Waals surface area (Å²) >= 11 is 0. The lowest BCUT2D eigenvalue weighted by molar-refractivity contribution is -0.142. The molecular weight excluding hydrogens is 158 g/mol. The molecule has 0 bridgehead atoms. The van der Waals surface area contributed by atoms with Crippen LogP contribution in [-0.4, -0.2) is 29.5 Å². The standard InChI is InChI=1S/C8H13NO3/c1-6(10)4-5-8(12)9(3)7(2)11/h4-5H2,1-3H3. The van der Waals surface area contributed by atoms with Gasteiger partial charge in [-0.1, -0.05) is 0 Å². The molecule has 0 atom stereocenters. The van der Waals surface area contributed by atoms with Crippen LogP contribution in [0.4, 0.5) is 0 Å². The molecule has 0 aliphatic carbocycles. The van der Waals surface area contributed by atoms with Crippen LogP contribution < -0.4 is 0 Å². The number of ketones is 1. The molecule has 0 aromatic heterocycles. The van der Waals surface area contributed by atoms with Gasteiger partial charge in [0.1, 0.15) is 5.78 Å². The summed E-state index contributed by atoms with van der Waals surface area (Å²) in [4.78, 5) is 33.2. The van der Waals surface area contributed by atoms with Gasteiger partial charge in [0.25, 0.3) is 0 Å². The summed E-state index contributed by atoms with van der Waals surface area (Å²) in [5.74, 6) is -0.651. The van der Waals surface area contributed by atoms with E-state index < -0.39 is 0 Å². The van der Waals surface area contributed by atoms with Crippen LogP contribution >= 0.6 is 0 Å². The summed E-state index contributed by atoms with van der Waals surface area (Å²) in [5, 5.41) is 0. The first kappa shape index (κ1) is 10.8. The Hall–Kier alpha value is -1.19. The van der Waals surface area contributed by atoms with E-state index in [4.69, 9.17) is 0 Å². The molecule has 0 heterocycles. The predicted molar refractivity (Wildman–Crippen MR) is 43.4 cm³/mol. The van der Waals surface area contributed by atoms with Crippen LogP contribution in [0, 0.1) is 0 Å². The van der Waals surface area contributed by atoms with Gasteiger partial charge in [-0.2, -0.15) is 0 Å². The molecule has 0 N–H and O–H groups in total. The zero-order valence-electron chi connectivity index (χ0n) is 7.59. The van der Waals surface area contributed by atoms with Crippen molar-refractivity contribution in [3.63, 3.8) is 0 Å². The first-order chi connectivity index (χ1) is 5.45. The van der Waals surface area contributed by atoms with Crippen LogP contribution in [0.5, 0.6) is 0 Å². The average Bonchev–Trinajstić information content (AvgIpc) is 1.98. The van der Waals surface area contributed by atoms with Gasteiger partial charge in [-0.15, -0.1) is 0 Å². The predicted octanol–water partition coefficient (Wildman–Crippen LogP) is 0.360. The van der Waals surface area contributed by atoms with Crippen LogP contribution in [0.3, 0.4) is 0 Å². The number of Topliss-reactive ketones (excluding diaryl/α,β-unsaturated/α-hetero) is 1. The maximum Gasteiger partial charge on any atom is 0.229 e. The van der Waals surface area contributed by atoms with E-state index in [1.165, 1.54) is 20.9 Å². The Bertz CT molecular complexity index is 210. The van der Waals surface area contributed by atoms with Crippen molar-refractivity contribution in [1.29, 1.82) is 0 Å². The third-order valence-corrected chi connectivity index (χ3v) is 1.54. The number of rotatable bonds is 3. The van der Waals surface area contributed by atoms with Crippen molar-refractivity contribution in [2.45, 2.75) is 26.7 Å². The van der Waals surface area contributed by atoms with Gasteiger partial charge < -0.3 is 4.79 Å². The van der Waals surface area contributed by atoms with Gasteiger partial charge in [-0.25, -0.2) is 0 Å². The van der Waals surface area contributed by atoms with Crippen molar-refractivity contribution in [2.24, 2.45) is 0 Å².